The maximum Gasteiger partial charge on any atom is 0.326 e. The lowest BCUT2D eigenvalue weighted by molar-refractivity contribution is -0.151. The van der Waals surface area contributed by atoms with Gasteiger partial charge < -0.3 is 14.4 Å². The number of carbonyl (C=O) groups excluding carboxylic acids is 1. The van der Waals surface area contributed by atoms with E-state index in [-0.39, 0.29) is 18.9 Å². The van der Waals surface area contributed by atoms with Gasteiger partial charge in [-0.2, -0.15) is 0 Å². The molecule has 4 rings (SSSR count). The lowest BCUT2D eigenvalue weighted by atomic mass is 9.93. The Morgan fingerprint density at radius 3 is 2.50 bits per heavy atom. The molecule has 6 heteroatoms. The second-order valence-electron chi connectivity index (χ2n) is 6.91. The Kier molecular flexibility index (Phi) is 4.69. The molecule has 28 heavy (non-hydrogen) atoms. The number of aromatic nitrogens is 1. The van der Waals surface area contributed by atoms with Crippen molar-refractivity contribution in [2.75, 3.05) is 0 Å². The van der Waals surface area contributed by atoms with Crippen LogP contribution < -0.4 is 0 Å². The SMILES string of the molecule is Cc1oc(-c2ccccc2)nc1CC(=O)N1Cc2ccccc2C[C@@H]1C(=O)O. The first-order valence-electron chi connectivity index (χ1n) is 9.13. The van der Waals surface area contributed by atoms with Crippen LogP contribution in [-0.2, 0) is 29.0 Å². The Morgan fingerprint density at radius 1 is 1.11 bits per heavy atom. The highest BCUT2D eigenvalue weighted by molar-refractivity contribution is 5.85. The van der Waals surface area contributed by atoms with Crippen molar-refractivity contribution in [2.24, 2.45) is 0 Å². The van der Waals surface area contributed by atoms with Gasteiger partial charge in [0.25, 0.3) is 0 Å². The van der Waals surface area contributed by atoms with E-state index in [0.29, 0.717) is 23.8 Å². The topological polar surface area (TPSA) is 83.6 Å². The van der Waals surface area contributed by atoms with Crippen molar-refractivity contribution in [2.45, 2.75) is 32.4 Å². The number of amides is 1. The molecule has 1 aliphatic heterocycles. The van der Waals surface area contributed by atoms with Gasteiger partial charge in [-0.15, -0.1) is 0 Å². The van der Waals surface area contributed by atoms with Gasteiger partial charge in [-0.05, 0) is 30.2 Å². The summed E-state index contributed by atoms with van der Waals surface area (Å²) in [5.74, 6) is -0.237. The van der Waals surface area contributed by atoms with Crippen LogP contribution >= 0.6 is 0 Å². The molecule has 1 N–H and O–H groups in total. The molecule has 1 aliphatic rings. The van der Waals surface area contributed by atoms with Crippen molar-refractivity contribution in [1.82, 2.24) is 9.88 Å². The van der Waals surface area contributed by atoms with E-state index in [2.05, 4.69) is 4.98 Å². The van der Waals surface area contributed by atoms with Gasteiger partial charge in [0.1, 0.15) is 11.8 Å². The Balaban J connectivity index is 1.58. The van der Waals surface area contributed by atoms with Crippen molar-refractivity contribution in [3.05, 3.63) is 77.2 Å². The van der Waals surface area contributed by atoms with E-state index in [1.807, 2.05) is 54.6 Å². The summed E-state index contributed by atoms with van der Waals surface area (Å²) in [5, 5.41) is 9.63. The first-order chi connectivity index (χ1) is 13.5. The van der Waals surface area contributed by atoms with Gasteiger partial charge in [0.05, 0.1) is 12.1 Å². The second kappa shape index (κ2) is 7.31. The predicted octanol–water partition coefficient (Wildman–Crippen LogP) is 3.23. The van der Waals surface area contributed by atoms with E-state index in [1.54, 1.807) is 6.92 Å². The Bertz CT molecular complexity index is 1030. The van der Waals surface area contributed by atoms with Crippen LogP contribution in [0.25, 0.3) is 11.5 Å². The van der Waals surface area contributed by atoms with Gasteiger partial charge in [0.2, 0.25) is 11.8 Å². The molecule has 0 aliphatic carbocycles. The Morgan fingerprint density at radius 2 is 1.79 bits per heavy atom. The number of benzene rings is 2. The normalized spacial score (nSPS) is 15.9. The third-order valence-corrected chi connectivity index (χ3v) is 5.09. The maximum atomic E-state index is 13.0. The molecule has 0 unspecified atom stereocenters. The third-order valence-electron chi connectivity index (χ3n) is 5.09. The minimum Gasteiger partial charge on any atom is -0.480 e. The minimum atomic E-state index is -0.996. The molecule has 2 heterocycles. The average molecular weight is 376 g/mol. The van der Waals surface area contributed by atoms with Crippen molar-refractivity contribution < 1.29 is 19.1 Å². The number of hydrogen-bond donors (Lipinski definition) is 1. The monoisotopic (exact) mass is 376 g/mol. The molecule has 0 spiro atoms. The molecule has 3 aromatic rings. The van der Waals surface area contributed by atoms with Crippen LogP contribution in [0.3, 0.4) is 0 Å². The lowest BCUT2D eigenvalue weighted by Crippen LogP contribution is -2.49. The number of oxazole rings is 1. The minimum absolute atomic E-state index is 0.00805. The molecule has 142 valence electrons. The van der Waals surface area contributed by atoms with Crippen LogP contribution in [0.2, 0.25) is 0 Å². The molecule has 1 atom stereocenters. The Hall–Kier alpha value is -3.41. The number of aryl methyl sites for hydroxylation is 1. The fourth-order valence-electron chi connectivity index (χ4n) is 3.55. The van der Waals surface area contributed by atoms with Crippen LogP contribution in [0.15, 0.2) is 59.0 Å². The molecule has 1 aromatic heterocycles. The average Bonchev–Trinajstić information content (AvgIpc) is 3.08. The molecule has 0 fully saturated rings. The quantitative estimate of drug-likeness (QED) is 0.756. The van der Waals surface area contributed by atoms with Gasteiger partial charge in [-0.25, -0.2) is 9.78 Å². The highest BCUT2D eigenvalue weighted by Crippen LogP contribution is 2.26. The number of hydrogen-bond acceptors (Lipinski definition) is 4. The van der Waals surface area contributed by atoms with E-state index in [0.717, 1.165) is 16.7 Å². The Labute approximate surface area is 162 Å². The molecule has 0 bridgehead atoms. The van der Waals surface area contributed by atoms with Gasteiger partial charge in [0.15, 0.2) is 0 Å². The number of carboxylic acids is 1. The van der Waals surface area contributed by atoms with Crippen LogP contribution in [0.1, 0.15) is 22.6 Å². The molecule has 0 saturated carbocycles. The summed E-state index contributed by atoms with van der Waals surface area (Å²) in [6.07, 6.45) is 0.318. The van der Waals surface area contributed by atoms with Gasteiger partial charge >= 0.3 is 5.97 Å². The summed E-state index contributed by atoms with van der Waals surface area (Å²) >= 11 is 0. The summed E-state index contributed by atoms with van der Waals surface area (Å²) < 4.78 is 5.72. The number of nitrogens with zero attached hydrogens (tertiary/aromatic N) is 2. The summed E-state index contributed by atoms with van der Waals surface area (Å²) in [6.45, 7) is 2.05. The first-order valence-corrected chi connectivity index (χ1v) is 9.13. The number of fused-ring (bicyclic) bond motifs is 1. The number of rotatable bonds is 4. The van der Waals surface area contributed by atoms with E-state index in [9.17, 15) is 14.7 Å². The summed E-state index contributed by atoms with van der Waals surface area (Å²) in [4.78, 5) is 30.6. The molecule has 1 amide bonds. The zero-order valence-corrected chi connectivity index (χ0v) is 15.5. The van der Waals surface area contributed by atoms with Crippen molar-refractivity contribution in [3.63, 3.8) is 0 Å². The van der Waals surface area contributed by atoms with Crippen molar-refractivity contribution in [3.8, 4) is 11.5 Å². The van der Waals surface area contributed by atoms with E-state index in [4.69, 9.17) is 4.42 Å². The number of aliphatic carboxylic acids is 1. The lowest BCUT2D eigenvalue weighted by Gasteiger charge is -2.34. The highest BCUT2D eigenvalue weighted by Gasteiger charge is 2.34. The fourth-order valence-corrected chi connectivity index (χ4v) is 3.55. The van der Waals surface area contributed by atoms with E-state index in [1.165, 1.54) is 4.90 Å². The number of carboxylic acid groups (broad SMARTS) is 1. The zero-order chi connectivity index (χ0) is 19.7. The van der Waals surface area contributed by atoms with E-state index >= 15 is 0 Å². The zero-order valence-electron chi connectivity index (χ0n) is 15.5. The van der Waals surface area contributed by atoms with Crippen LogP contribution in [-0.4, -0.2) is 32.9 Å². The van der Waals surface area contributed by atoms with Crippen LogP contribution in [0.5, 0.6) is 0 Å². The standard InChI is InChI=1S/C22H20N2O4/c1-14-18(23-21(28-14)15-7-3-2-4-8-15)12-20(25)24-13-17-10-6-5-9-16(17)11-19(24)22(26)27/h2-10,19H,11-13H2,1H3,(H,26,27)/t19-/m1/s1. The van der Waals surface area contributed by atoms with Gasteiger partial charge in [-0.3, -0.25) is 4.79 Å². The molecule has 6 nitrogen and oxygen atoms in total. The molecule has 0 saturated heterocycles. The molecular weight excluding hydrogens is 356 g/mol. The third kappa shape index (κ3) is 3.41. The predicted molar refractivity (Wildman–Crippen MR) is 102 cm³/mol. The van der Waals surface area contributed by atoms with E-state index < -0.39 is 12.0 Å². The van der Waals surface area contributed by atoms with Crippen LogP contribution in [0, 0.1) is 6.92 Å². The summed E-state index contributed by atoms with van der Waals surface area (Å²) in [7, 11) is 0. The largest absolute Gasteiger partial charge is 0.480 e. The summed E-state index contributed by atoms with van der Waals surface area (Å²) in [6, 6.07) is 16.2. The highest BCUT2D eigenvalue weighted by atomic mass is 16.4. The van der Waals surface area contributed by atoms with Gasteiger partial charge in [0, 0.05) is 18.5 Å². The molecular formula is C22H20N2O4. The second-order valence-corrected chi connectivity index (χ2v) is 6.91. The number of carbonyl (C=O) groups is 2. The molecule has 2 aromatic carbocycles. The summed E-state index contributed by atoms with van der Waals surface area (Å²) in [5.41, 5.74) is 3.32. The van der Waals surface area contributed by atoms with Crippen LogP contribution in [0.4, 0.5) is 0 Å². The fraction of sp³-hybridized carbons (Fsp3) is 0.227. The smallest absolute Gasteiger partial charge is 0.326 e. The van der Waals surface area contributed by atoms with Gasteiger partial charge in [-0.1, -0.05) is 42.5 Å². The van der Waals surface area contributed by atoms with Crippen molar-refractivity contribution in [1.29, 1.82) is 0 Å². The molecule has 0 radical (unpaired) electrons. The van der Waals surface area contributed by atoms with Crippen molar-refractivity contribution >= 4 is 11.9 Å². The first kappa shape index (κ1) is 18.0. The maximum absolute atomic E-state index is 13.0.